The van der Waals surface area contributed by atoms with Crippen molar-refractivity contribution in [1.29, 1.82) is 0 Å². The van der Waals surface area contributed by atoms with Gasteiger partial charge in [0.2, 0.25) is 0 Å². The van der Waals surface area contributed by atoms with Gasteiger partial charge in [0.1, 0.15) is 22.9 Å². The molecule has 11 heteroatoms. The first-order valence-corrected chi connectivity index (χ1v) is 7.20. The number of carbonyl (C=O) groups excluding carboxylic acids is 1. The summed E-state index contributed by atoms with van der Waals surface area (Å²) in [5, 5.41) is 2.41. The van der Waals surface area contributed by atoms with Crippen molar-refractivity contribution in [2.24, 2.45) is 7.05 Å². The number of halogens is 3. The smallest absolute Gasteiger partial charge is 0.384 e. The maximum atomic E-state index is 13.2. The molecule has 0 saturated heterocycles. The van der Waals surface area contributed by atoms with Crippen molar-refractivity contribution in [2.45, 2.75) is 6.18 Å². The van der Waals surface area contributed by atoms with Crippen molar-refractivity contribution in [3.8, 4) is 11.5 Å². The second-order valence-corrected chi connectivity index (χ2v) is 5.28. The number of nitrogens with one attached hydrogen (secondary N) is 1. The molecule has 0 atom stereocenters. The van der Waals surface area contributed by atoms with Crippen LogP contribution in [-0.4, -0.2) is 30.4 Å². The average Bonchev–Trinajstić information content (AvgIpc) is 3.02. The maximum Gasteiger partial charge on any atom is 0.433 e. The third kappa shape index (κ3) is 3.61. The molecule has 0 aliphatic carbocycles. The topological polar surface area (TPSA) is 112 Å². The number of rotatable bonds is 3. The Bertz CT molecular complexity index is 951. The normalized spacial score (nSPS) is 11.4. The Kier molecular flexibility index (Phi) is 4.28. The number of anilines is 2. The first-order chi connectivity index (χ1) is 12.2. The van der Waals surface area contributed by atoms with E-state index in [9.17, 15) is 18.0 Å². The Labute approximate surface area is 144 Å². The molecular formula is C15H12F3N7O. The molecule has 26 heavy (non-hydrogen) atoms. The van der Waals surface area contributed by atoms with Crippen LogP contribution >= 0.6 is 0 Å². The minimum atomic E-state index is -4.74. The first kappa shape index (κ1) is 17.3. The Hall–Kier alpha value is -3.50. The van der Waals surface area contributed by atoms with Crippen LogP contribution in [0.2, 0.25) is 0 Å². The molecule has 0 aliphatic rings. The van der Waals surface area contributed by atoms with E-state index < -0.39 is 23.5 Å². The molecule has 0 fully saturated rings. The Morgan fingerprint density at radius 2 is 2.00 bits per heavy atom. The molecular weight excluding hydrogens is 351 g/mol. The zero-order valence-corrected chi connectivity index (χ0v) is 13.3. The highest BCUT2D eigenvalue weighted by molar-refractivity contribution is 6.03. The lowest BCUT2D eigenvalue weighted by Gasteiger charge is -2.11. The summed E-state index contributed by atoms with van der Waals surface area (Å²) in [6, 6.07) is 3.49. The van der Waals surface area contributed by atoms with Gasteiger partial charge in [-0.05, 0) is 12.1 Å². The summed E-state index contributed by atoms with van der Waals surface area (Å²) in [6.07, 6.45) is -0.769. The number of aryl methyl sites for hydroxylation is 1. The molecule has 134 valence electrons. The predicted molar refractivity (Wildman–Crippen MR) is 85.8 cm³/mol. The lowest BCUT2D eigenvalue weighted by Crippen LogP contribution is -2.18. The summed E-state index contributed by atoms with van der Waals surface area (Å²) >= 11 is 0. The molecule has 0 unspecified atom stereocenters. The minimum Gasteiger partial charge on any atom is -0.384 e. The highest BCUT2D eigenvalue weighted by atomic mass is 19.4. The van der Waals surface area contributed by atoms with E-state index in [1.165, 1.54) is 35.4 Å². The lowest BCUT2D eigenvalue weighted by molar-refractivity contribution is -0.141. The van der Waals surface area contributed by atoms with Gasteiger partial charge in [-0.1, -0.05) is 0 Å². The van der Waals surface area contributed by atoms with Gasteiger partial charge in [0.25, 0.3) is 5.91 Å². The maximum absolute atomic E-state index is 13.2. The Morgan fingerprint density at radius 3 is 2.58 bits per heavy atom. The number of nitrogens with two attached hydrogens (primary N) is 1. The van der Waals surface area contributed by atoms with E-state index in [0.717, 1.165) is 0 Å². The van der Waals surface area contributed by atoms with Gasteiger partial charge in [0.15, 0.2) is 5.82 Å². The third-order valence-corrected chi connectivity index (χ3v) is 3.34. The summed E-state index contributed by atoms with van der Waals surface area (Å²) in [5.74, 6) is -0.865. The largest absolute Gasteiger partial charge is 0.433 e. The molecule has 3 aromatic heterocycles. The van der Waals surface area contributed by atoms with Crippen LogP contribution in [0.3, 0.4) is 0 Å². The van der Waals surface area contributed by atoms with Gasteiger partial charge < -0.3 is 15.6 Å². The van der Waals surface area contributed by atoms with Gasteiger partial charge in [-0.15, -0.1) is 0 Å². The van der Waals surface area contributed by atoms with Crippen LogP contribution < -0.4 is 11.1 Å². The van der Waals surface area contributed by atoms with Crippen molar-refractivity contribution in [1.82, 2.24) is 24.5 Å². The van der Waals surface area contributed by atoms with Crippen molar-refractivity contribution in [3.05, 3.63) is 48.3 Å². The van der Waals surface area contributed by atoms with Crippen LogP contribution in [0.15, 0.2) is 36.9 Å². The SMILES string of the molecule is Cn1cncc1-c1nc(C(=O)Nc2ccc(N)nc2)cc(C(F)(F)F)n1. The van der Waals surface area contributed by atoms with Gasteiger partial charge in [-0.25, -0.2) is 19.9 Å². The van der Waals surface area contributed by atoms with E-state index in [1.54, 1.807) is 7.05 Å². The molecule has 3 rings (SSSR count). The first-order valence-electron chi connectivity index (χ1n) is 7.20. The summed E-state index contributed by atoms with van der Waals surface area (Å²) in [5.41, 5.74) is 4.27. The number of alkyl halides is 3. The van der Waals surface area contributed by atoms with Crippen LogP contribution in [0.5, 0.6) is 0 Å². The summed E-state index contributed by atoms with van der Waals surface area (Å²) < 4.78 is 40.9. The van der Waals surface area contributed by atoms with E-state index >= 15 is 0 Å². The van der Waals surface area contributed by atoms with Gasteiger partial charge in [0, 0.05) is 13.1 Å². The predicted octanol–water partition coefficient (Wildman–Crippen LogP) is 2.13. The van der Waals surface area contributed by atoms with E-state index in [-0.39, 0.29) is 23.0 Å². The number of carbonyl (C=O) groups is 1. The van der Waals surface area contributed by atoms with Crippen LogP contribution in [0.1, 0.15) is 16.2 Å². The van der Waals surface area contributed by atoms with Gasteiger partial charge in [-0.2, -0.15) is 13.2 Å². The summed E-state index contributed by atoms with van der Waals surface area (Å²) in [7, 11) is 1.58. The van der Waals surface area contributed by atoms with Gasteiger partial charge in [0.05, 0.1) is 24.4 Å². The number of hydrogen-bond donors (Lipinski definition) is 2. The number of hydrogen-bond acceptors (Lipinski definition) is 6. The molecule has 0 aromatic carbocycles. The van der Waals surface area contributed by atoms with E-state index in [4.69, 9.17) is 5.73 Å². The van der Waals surface area contributed by atoms with Crippen LogP contribution in [-0.2, 0) is 13.2 Å². The fourth-order valence-electron chi connectivity index (χ4n) is 2.07. The molecule has 3 aromatic rings. The summed E-state index contributed by atoms with van der Waals surface area (Å²) in [4.78, 5) is 27.4. The van der Waals surface area contributed by atoms with Gasteiger partial charge >= 0.3 is 6.18 Å². The standard InChI is InChI=1S/C15H12F3N7O/c1-25-7-20-6-10(25)13-23-9(4-11(24-13)15(16,17)18)14(26)22-8-2-3-12(19)21-5-8/h2-7H,1H3,(H2,19,21)(H,22,26). The van der Waals surface area contributed by atoms with E-state index in [1.807, 2.05) is 0 Å². The van der Waals surface area contributed by atoms with E-state index in [0.29, 0.717) is 6.07 Å². The highest BCUT2D eigenvalue weighted by Crippen LogP contribution is 2.29. The molecule has 3 heterocycles. The fraction of sp³-hybridized carbons (Fsp3) is 0.133. The number of nitrogens with zero attached hydrogens (tertiary/aromatic N) is 5. The molecule has 0 radical (unpaired) electrons. The van der Waals surface area contributed by atoms with Crippen molar-refractivity contribution >= 4 is 17.4 Å². The summed E-state index contributed by atoms with van der Waals surface area (Å²) in [6.45, 7) is 0. The number of pyridine rings is 1. The zero-order valence-electron chi connectivity index (χ0n) is 13.3. The van der Waals surface area contributed by atoms with E-state index in [2.05, 4.69) is 25.3 Å². The molecule has 1 amide bonds. The van der Waals surface area contributed by atoms with Crippen molar-refractivity contribution < 1.29 is 18.0 Å². The molecule has 0 bridgehead atoms. The molecule has 3 N–H and O–H groups in total. The van der Waals surface area contributed by atoms with Crippen LogP contribution in [0.4, 0.5) is 24.7 Å². The van der Waals surface area contributed by atoms with Gasteiger partial charge in [-0.3, -0.25) is 4.79 Å². The molecule has 8 nitrogen and oxygen atoms in total. The molecule has 0 aliphatic heterocycles. The molecule has 0 saturated carbocycles. The monoisotopic (exact) mass is 363 g/mol. The van der Waals surface area contributed by atoms with Crippen LogP contribution in [0.25, 0.3) is 11.5 Å². The van der Waals surface area contributed by atoms with Crippen LogP contribution in [0, 0.1) is 0 Å². The highest BCUT2D eigenvalue weighted by Gasteiger charge is 2.34. The zero-order chi connectivity index (χ0) is 18.9. The average molecular weight is 363 g/mol. The van der Waals surface area contributed by atoms with Crippen molar-refractivity contribution in [3.63, 3.8) is 0 Å². The Balaban J connectivity index is 2.01. The number of aromatic nitrogens is 5. The third-order valence-electron chi connectivity index (χ3n) is 3.34. The molecule has 0 spiro atoms. The number of nitrogen functional groups attached to an aromatic ring is 1. The fourth-order valence-corrected chi connectivity index (χ4v) is 2.07. The number of amides is 1. The second kappa shape index (κ2) is 6.43. The lowest BCUT2D eigenvalue weighted by atomic mass is 10.2. The quantitative estimate of drug-likeness (QED) is 0.737. The number of imidazole rings is 1. The van der Waals surface area contributed by atoms with Crippen molar-refractivity contribution in [2.75, 3.05) is 11.1 Å². The second-order valence-electron chi connectivity index (χ2n) is 5.28. The Morgan fingerprint density at radius 1 is 1.23 bits per heavy atom. The minimum absolute atomic E-state index is 0.235.